The number of carbonyl (C=O) groups is 1. The second kappa shape index (κ2) is 7.38. The molecule has 1 fully saturated rings. The Morgan fingerprint density at radius 1 is 1.21 bits per heavy atom. The molecule has 2 aromatic rings. The average molecular weight is 345 g/mol. The molecule has 0 N–H and O–H groups in total. The summed E-state index contributed by atoms with van der Waals surface area (Å²) in [6.07, 6.45) is 3.76. The molecular formula is C18H23N3O2S. The zero-order chi connectivity index (χ0) is 17.1. The van der Waals surface area contributed by atoms with Crippen LogP contribution in [0.25, 0.3) is 11.4 Å². The molecule has 0 spiro atoms. The van der Waals surface area contributed by atoms with Crippen molar-refractivity contribution in [1.29, 1.82) is 0 Å². The molecule has 0 bridgehead atoms. The van der Waals surface area contributed by atoms with Crippen LogP contribution in [-0.4, -0.2) is 32.9 Å². The van der Waals surface area contributed by atoms with Gasteiger partial charge in [0.2, 0.25) is 0 Å². The lowest BCUT2D eigenvalue weighted by molar-refractivity contribution is -0.119. The Morgan fingerprint density at radius 2 is 1.96 bits per heavy atom. The molecule has 6 heteroatoms. The number of hydrogen-bond donors (Lipinski definition) is 0. The molecule has 1 aromatic carbocycles. The number of thioether (sulfide) groups is 1. The van der Waals surface area contributed by atoms with Gasteiger partial charge in [-0.05, 0) is 51.0 Å². The number of methoxy groups -OCH3 is 1. The number of benzene rings is 1. The second-order valence-corrected chi connectivity index (χ2v) is 7.49. The van der Waals surface area contributed by atoms with E-state index in [1.165, 1.54) is 0 Å². The van der Waals surface area contributed by atoms with E-state index in [2.05, 4.69) is 28.6 Å². The van der Waals surface area contributed by atoms with Crippen molar-refractivity contribution < 1.29 is 9.53 Å². The van der Waals surface area contributed by atoms with E-state index in [9.17, 15) is 4.79 Å². The lowest BCUT2D eigenvalue weighted by atomic mass is 9.99. The summed E-state index contributed by atoms with van der Waals surface area (Å²) in [6, 6.07) is 8.04. The normalized spacial score (nSPS) is 18.2. The first-order valence-electron chi connectivity index (χ1n) is 8.39. The molecule has 1 aromatic heterocycles. The highest BCUT2D eigenvalue weighted by Crippen LogP contribution is 2.34. The van der Waals surface area contributed by atoms with Crippen molar-refractivity contribution in [3.8, 4) is 17.1 Å². The van der Waals surface area contributed by atoms with Gasteiger partial charge in [-0.25, -0.2) is 0 Å². The summed E-state index contributed by atoms with van der Waals surface area (Å²) >= 11 is 1.57. The summed E-state index contributed by atoms with van der Waals surface area (Å²) in [7, 11) is 1.65. The van der Waals surface area contributed by atoms with Crippen molar-refractivity contribution in [2.24, 2.45) is 0 Å². The van der Waals surface area contributed by atoms with Crippen molar-refractivity contribution in [2.45, 2.75) is 56.0 Å². The first-order valence-corrected chi connectivity index (χ1v) is 9.27. The van der Waals surface area contributed by atoms with Gasteiger partial charge in [-0.3, -0.25) is 9.36 Å². The minimum atomic E-state index is 0.0177. The molecular weight excluding hydrogens is 322 g/mol. The number of carbonyl (C=O) groups excluding carboxylic acids is 1. The van der Waals surface area contributed by atoms with Crippen LogP contribution in [0, 0.1) is 0 Å². The summed E-state index contributed by atoms with van der Waals surface area (Å²) in [4.78, 5) is 12.1. The molecule has 1 unspecified atom stereocenters. The molecule has 24 heavy (non-hydrogen) atoms. The van der Waals surface area contributed by atoms with Gasteiger partial charge in [0.05, 0.1) is 12.4 Å². The van der Waals surface area contributed by atoms with Crippen LogP contribution < -0.4 is 4.74 Å². The van der Waals surface area contributed by atoms with Crippen molar-refractivity contribution in [3.05, 3.63) is 24.3 Å². The summed E-state index contributed by atoms with van der Waals surface area (Å²) in [6.45, 7) is 4.23. The van der Waals surface area contributed by atoms with E-state index in [4.69, 9.17) is 4.74 Å². The first-order chi connectivity index (χ1) is 11.6. The number of ether oxygens (including phenoxy) is 1. The molecule has 1 atom stereocenters. The van der Waals surface area contributed by atoms with Crippen molar-refractivity contribution in [3.63, 3.8) is 0 Å². The van der Waals surface area contributed by atoms with Gasteiger partial charge in [-0.15, -0.1) is 10.2 Å². The zero-order valence-electron chi connectivity index (χ0n) is 14.4. The van der Waals surface area contributed by atoms with Crippen LogP contribution in [0.3, 0.4) is 0 Å². The largest absolute Gasteiger partial charge is 0.497 e. The van der Waals surface area contributed by atoms with E-state index >= 15 is 0 Å². The third-order valence-electron chi connectivity index (χ3n) is 4.28. The van der Waals surface area contributed by atoms with Gasteiger partial charge >= 0.3 is 0 Å². The van der Waals surface area contributed by atoms with Crippen LogP contribution in [0.5, 0.6) is 5.75 Å². The maximum absolute atomic E-state index is 12.1. The molecule has 0 amide bonds. The minimum absolute atomic E-state index is 0.0177. The van der Waals surface area contributed by atoms with Gasteiger partial charge < -0.3 is 4.74 Å². The van der Waals surface area contributed by atoms with Gasteiger partial charge in [-0.2, -0.15) is 0 Å². The molecule has 1 aliphatic rings. The second-order valence-electron chi connectivity index (χ2n) is 6.32. The molecule has 5 nitrogen and oxygen atoms in total. The summed E-state index contributed by atoms with van der Waals surface area (Å²) in [5.74, 6) is 1.99. The maximum Gasteiger partial charge on any atom is 0.192 e. The van der Waals surface area contributed by atoms with Gasteiger partial charge in [0, 0.05) is 18.0 Å². The zero-order valence-corrected chi connectivity index (χ0v) is 15.2. The topological polar surface area (TPSA) is 57.0 Å². The highest BCUT2D eigenvalue weighted by molar-refractivity contribution is 8.00. The van der Waals surface area contributed by atoms with E-state index in [-0.39, 0.29) is 11.3 Å². The third-order valence-corrected chi connectivity index (χ3v) is 5.55. The Balaban J connectivity index is 1.90. The predicted octanol–water partition coefficient (Wildman–Crippen LogP) is 4.14. The quantitative estimate of drug-likeness (QED) is 0.815. The van der Waals surface area contributed by atoms with Crippen LogP contribution in [-0.2, 0) is 4.79 Å². The maximum atomic E-state index is 12.1. The Bertz CT molecular complexity index is 710. The van der Waals surface area contributed by atoms with E-state index in [0.717, 1.165) is 41.6 Å². The lowest BCUT2D eigenvalue weighted by Gasteiger charge is -2.21. The minimum Gasteiger partial charge on any atom is -0.497 e. The fraction of sp³-hybridized carbons (Fsp3) is 0.500. The van der Waals surface area contributed by atoms with E-state index in [0.29, 0.717) is 12.2 Å². The van der Waals surface area contributed by atoms with Crippen LogP contribution in [0.4, 0.5) is 0 Å². The van der Waals surface area contributed by atoms with E-state index in [1.807, 2.05) is 24.3 Å². The average Bonchev–Trinajstić information content (AvgIpc) is 3.01. The smallest absolute Gasteiger partial charge is 0.192 e. The van der Waals surface area contributed by atoms with Crippen molar-refractivity contribution in [2.75, 3.05) is 7.11 Å². The van der Waals surface area contributed by atoms with Gasteiger partial charge in [0.25, 0.3) is 0 Å². The number of nitrogens with zero attached hydrogens (tertiary/aromatic N) is 3. The number of ketones is 1. The summed E-state index contributed by atoms with van der Waals surface area (Å²) in [5, 5.41) is 9.62. The summed E-state index contributed by atoms with van der Waals surface area (Å²) in [5.41, 5.74) is 0.999. The predicted molar refractivity (Wildman–Crippen MR) is 95.5 cm³/mol. The molecule has 0 radical (unpaired) electrons. The molecule has 0 aliphatic heterocycles. The number of rotatable bonds is 5. The van der Waals surface area contributed by atoms with Crippen molar-refractivity contribution >= 4 is 17.5 Å². The Morgan fingerprint density at radius 3 is 2.58 bits per heavy atom. The van der Waals surface area contributed by atoms with Gasteiger partial charge in [0.1, 0.15) is 11.5 Å². The summed E-state index contributed by atoms with van der Waals surface area (Å²) < 4.78 is 7.34. The van der Waals surface area contributed by atoms with Gasteiger partial charge in [-0.1, -0.05) is 18.2 Å². The molecule has 3 rings (SSSR count). The number of Topliss-reactive ketones (excluding diaryl/α,β-unsaturated/α-hetero) is 1. The fourth-order valence-corrected chi connectivity index (χ4v) is 4.25. The lowest BCUT2D eigenvalue weighted by Crippen LogP contribution is -2.22. The molecule has 1 aliphatic carbocycles. The van der Waals surface area contributed by atoms with Crippen LogP contribution in [0.2, 0.25) is 0 Å². The van der Waals surface area contributed by atoms with E-state index in [1.54, 1.807) is 18.9 Å². The van der Waals surface area contributed by atoms with Gasteiger partial charge in [0.15, 0.2) is 11.0 Å². The third kappa shape index (κ3) is 3.48. The van der Waals surface area contributed by atoms with Crippen LogP contribution >= 0.6 is 11.8 Å². The first kappa shape index (κ1) is 17.0. The van der Waals surface area contributed by atoms with E-state index < -0.39 is 0 Å². The molecule has 1 heterocycles. The standard InChI is InChI=1S/C18H23N3O2S/c1-12(2)21-17(13-8-10-14(23-3)11-9-13)19-20-18(21)24-16-7-5-4-6-15(16)22/h8-12,16H,4-7H2,1-3H3. The Kier molecular flexibility index (Phi) is 5.23. The SMILES string of the molecule is COc1ccc(-c2nnc(SC3CCCCC3=O)n2C(C)C)cc1. The molecule has 128 valence electrons. The highest BCUT2D eigenvalue weighted by Gasteiger charge is 2.27. The number of aromatic nitrogens is 3. The van der Waals surface area contributed by atoms with Crippen LogP contribution in [0.1, 0.15) is 45.6 Å². The Hall–Kier alpha value is -1.82. The molecule has 0 saturated heterocycles. The monoisotopic (exact) mass is 345 g/mol. The number of hydrogen-bond acceptors (Lipinski definition) is 5. The molecule has 1 saturated carbocycles. The highest BCUT2D eigenvalue weighted by atomic mass is 32.2. The van der Waals surface area contributed by atoms with Crippen molar-refractivity contribution in [1.82, 2.24) is 14.8 Å². The van der Waals surface area contributed by atoms with Crippen LogP contribution in [0.15, 0.2) is 29.4 Å². The fourth-order valence-electron chi connectivity index (χ4n) is 2.96. The Labute approximate surface area is 146 Å².